The third kappa shape index (κ3) is 1.74. The first kappa shape index (κ1) is 10.8. The van der Waals surface area contributed by atoms with E-state index in [1.54, 1.807) is 6.07 Å². The molecule has 88 valence electrons. The molecular weight excluding hydrogens is 211 g/mol. The summed E-state index contributed by atoms with van der Waals surface area (Å²) in [6.07, 6.45) is 3.46. The van der Waals surface area contributed by atoms with Crippen LogP contribution in [-0.4, -0.2) is 0 Å². The van der Waals surface area contributed by atoms with Gasteiger partial charge in [-0.15, -0.1) is 0 Å². The van der Waals surface area contributed by atoms with E-state index >= 15 is 0 Å². The third-order valence-corrected chi connectivity index (χ3v) is 3.96. The molecule has 1 unspecified atom stereocenters. The molecule has 0 saturated heterocycles. The van der Waals surface area contributed by atoms with Crippen molar-refractivity contribution in [3.8, 4) is 0 Å². The van der Waals surface area contributed by atoms with Gasteiger partial charge in [0.15, 0.2) is 0 Å². The van der Waals surface area contributed by atoms with Gasteiger partial charge in [-0.05, 0) is 71.7 Å². The minimum atomic E-state index is -0.0791. The van der Waals surface area contributed by atoms with Crippen molar-refractivity contribution in [1.82, 2.24) is 0 Å². The summed E-state index contributed by atoms with van der Waals surface area (Å²) in [5.74, 6) is 0.680. The largest absolute Gasteiger partial charge is 0.207 e. The Morgan fingerprint density at radius 1 is 1.24 bits per heavy atom. The van der Waals surface area contributed by atoms with Gasteiger partial charge in [-0.2, -0.15) is 0 Å². The van der Waals surface area contributed by atoms with Gasteiger partial charge in [0.1, 0.15) is 5.82 Å². The summed E-state index contributed by atoms with van der Waals surface area (Å²) in [5, 5.41) is 2.30. The van der Waals surface area contributed by atoms with E-state index in [0.29, 0.717) is 0 Å². The Labute approximate surface area is 101 Å². The Hall–Kier alpha value is -1.37. The van der Waals surface area contributed by atoms with E-state index in [-0.39, 0.29) is 5.82 Å². The van der Waals surface area contributed by atoms with Crippen LogP contribution >= 0.6 is 0 Å². The van der Waals surface area contributed by atoms with E-state index in [9.17, 15) is 4.39 Å². The summed E-state index contributed by atoms with van der Waals surface area (Å²) in [6.45, 7) is 4.12. The lowest BCUT2D eigenvalue weighted by Crippen LogP contribution is -2.11. The van der Waals surface area contributed by atoms with Crippen LogP contribution < -0.4 is 0 Å². The van der Waals surface area contributed by atoms with Gasteiger partial charge in [-0.3, -0.25) is 0 Å². The van der Waals surface area contributed by atoms with E-state index in [1.807, 2.05) is 13.0 Å². The Morgan fingerprint density at radius 3 is 2.88 bits per heavy atom. The summed E-state index contributed by atoms with van der Waals surface area (Å²) in [5.41, 5.74) is 3.53. The molecule has 0 amide bonds. The van der Waals surface area contributed by atoms with Gasteiger partial charge in [0, 0.05) is 0 Å². The predicted molar refractivity (Wildman–Crippen MR) is 69.8 cm³/mol. The average molecular weight is 228 g/mol. The predicted octanol–water partition coefficient (Wildman–Crippen LogP) is 4.41. The highest BCUT2D eigenvalue weighted by Crippen LogP contribution is 2.32. The fraction of sp³-hybridized carbons (Fsp3) is 0.375. The number of benzene rings is 2. The smallest absolute Gasteiger partial charge is 0.126 e. The first-order valence-corrected chi connectivity index (χ1v) is 6.36. The molecule has 0 spiro atoms. The van der Waals surface area contributed by atoms with Crippen LogP contribution in [0.2, 0.25) is 0 Å². The van der Waals surface area contributed by atoms with Gasteiger partial charge in [0.25, 0.3) is 0 Å². The number of hydrogen-bond donors (Lipinski definition) is 0. The molecule has 0 heterocycles. The SMILES string of the molecule is Cc1cc2ccc3c(c2cc1F)CCC(C)C3. The summed E-state index contributed by atoms with van der Waals surface area (Å²) in [6, 6.07) is 8.05. The first-order valence-electron chi connectivity index (χ1n) is 6.36. The van der Waals surface area contributed by atoms with Crippen molar-refractivity contribution in [1.29, 1.82) is 0 Å². The van der Waals surface area contributed by atoms with Gasteiger partial charge in [-0.25, -0.2) is 4.39 Å². The normalized spacial score (nSPS) is 19.4. The molecule has 0 N–H and O–H groups in total. The van der Waals surface area contributed by atoms with Crippen molar-refractivity contribution >= 4 is 10.8 Å². The fourth-order valence-corrected chi connectivity index (χ4v) is 2.92. The highest BCUT2D eigenvalue weighted by molar-refractivity contribution is 5.87. The Bertz CT molecular complexity index is 584. The molecule has 0 aromatic heterocycles. The Kier molecular flexibility index (Phi) is 2.43. The van der Waals surface area contributed by atoms with Crippen LogP contribution in [-0.2, 0) is 12.8 Å². The van der Waals surface area contributed by atoms with Gasteiger partial charge < -0.3 is 0 Å². The summed E-state index contributed by atoms with van der Waals surface area (Å²) in [7, 11) is 0. The molecule has 2 aromatic rings. The van der Waals surface area contributed by atoms with Crippen LogP contribution in [0.3, 0.4) is 0 Å². The summed E-state index contributed by atoms with van der Waals surface area (Å²) < 4.78 is 13.7. The molecule has 0 nitrogen and oxygen atoms in total. The van der Waals surface area contributed by atoms with Crippen molar-refractivity contribution in [3.05, 3.63) is 46.8 Å². The number of fused-ring (bicyclic) bond motifs is 3. The zero-order valence-corrected chi connectivity index (χ0v) is 10.4. The summed E-state index contributed by atoms with van der Waals surface area (Å²) in [4.78, 5) is 0. The lowest BCUT2D eigenvalue weighted by atomic mass is 9.82. The van der Waals surface area contributed by atoms with Gasteiger partial charge >= 0.3 is 0 Å². The van der Waals surface area contributed by atoms with Crippen molar-refractivity contribution in [2.24, 2.45) is 5.92 Å². The number of hydrogen-bond acceptors (Lipinski definition) is 0. The van der Waals surface area contributed by atoms with Crippen molar-refractivity contribution in [2.75, 3.05) is 0 Å². The maximum Gasteiger partial charge on any atom is 0.126 e. The highest BCUT2D eigenvalue weighted by Gasteiger charge is 2.17. The average Bonchev–Trinajstić information content (AvgIpc) is 2.30. The van der Waals surface area contributed by atoms with Crippen molar-refractivity contribution in [2.45, 2.75) is 33.1 Å². The molecule has 1 heteroatoms. The minimum absolute atomic E-state index is 0.0791. The zero-order chi connectivity index (χ0) is 12.0. The lowest BCUT2D eigenvalue weighted by Gasteiger charge is -2.23. The van der Waals surface area contributed by atoms with E-state index in [1.165, 1.54) is 22.9 Å². The molecule has 1 aliphatic rings. The number of aryl methyl sites for hydroxylation is 2. The first-order chi connectivity index (χ1) is 8.15. The van der Waals surface area contributed by atoms with Gasteiger partial charge in [-0.1, -0.05) is 19.1 Å². The Balaban J connectivity index is 2.27. The molecule has 0 fully saturated rings. The summed E-state index contributed by atoms with van der Waals surface area (Å²) >= 11 is 0. The molecule has 2 aromatic carbocycles. The molecule has 0 radical (unpaired) electrons. The third-order valence-electron chi connectivity index (χ3n) is 3.96. The second-order valence-electron chi connectivity index (χ2n) is 5.37. The quantitative estimate of drug-likeness (QED) is 0.626. The molecule has 3 rings (SSSR count). The van der Waals surface area contributed by atoms with Crippen LogP contribution in [0.5, 0.6) is 0 Å². The van der Waals surface area contributed by atoms with E-state index in [0.717, 1.165) is 29.7 Å². The lowest BCUT2D eigenvalue weighted by molar-refractivity contribution is 0.503. The number of halogens is 1. The standard InChI is InChI=1S/C16H17F/c1-10-3-6-14-12(7-10)4-5-13-8-11(2)16(17)9-15(13)14/h4-5,8-10H,3,6-7H2,1-2H3. The molecule has 1 aliphatic carbocycles. The molecule has 0 saturated carbocycles. The van der Waals surface area contributed by atoms with E-state index in [4.69, 9.17) is 0 Å². The molecule has 1 atom stereocenters. The minimum Gasteiger partial charge on any atom is -0.207 e. The Morgan fingerprint density at radius 2 is 2.06 bits per heavy atom. The molecule has 0 aliphatic heterocycles. The van der Waals surface area contributed by atoms with Crippen LogP contribution in [0.4, 0.5) is 4.39 Å². The second-order valence-corrected chi connectivity index (χ2v) is 5.37. The molecule has 17 heavy (non-hydrogen) atoms. The van der Waals surface area contributed by atoms with Gasteiger partial charge in [0.05, 0.1) is 0 Å². The second kappa shape index (κ2) is 3.83. The van der Waals surface area contributed by atoms with Crippen LogP contribution in [0, 0.1) is 18.7 Å². The topological polar surface area (TPSA) is 0 Å². The van der Waals surface area contributed by atoms with E-state index in [2.05, 4.69) is 19.1 Å². The highest BCUT2D eigenvalue weighted by atomic mass is 19.1. The monoisotopic (exact) mass is 228 g/mol. The fourth-order valence-electron chi connectivity index (χ4n) is 2.92. The van der Waals surface area contributed by atoms with Crippen molar-refractivity contribution < 1.29 is 4.39 Å². The molecular formula is C16H17F. The maximum absolute atomic E-state index is 13.7. The maximum atomic E-state index is 13.7. The van der Waals surface area contributed by atoms with Crippen LogP contribution in [0.1, 0.15) is 30.0 Å². The van der Waals surface area contributed by atoms with E-state index < -0.39 is 0 Å². The zero-order valence-electron chi connectivity index (χ0n) is 10.4. The number of rotatable bonds is 0. The van der Waals surface area contributed by atoms with Crippen LogP contribution in [0.25, 0.3) is 10.8 Å². The molecule has 0 bridgehead atoms. The van der Waals surface area contributed by atoms with Crippen molar-refractivity contribution in [3.63, 3.8) is 0 Å². The van der Waals surface area contributed by atoms with Crippen LogP contribution in [0.15, 0.2) is 24.3 Å². The van der Waals surface area contributed by atoms with Gasteiger partial charge in [0.2, 0.25) is 0 Å².